The van der Waals surface area contributed by atoms with Crippen molar-refractivity contribution in [1.82, 2.24) is 4.90 Å². The molecule has 10 heteroatoms. The number of halogens is 2. The van der Waals surface area contributed by atoms with E-state index in [0.29, 0.717) is 23.6 Å². The van der Waals surface area contributed by atoms with Crippen LogP contribution in [0.2, 0.25) is 5.02 Å². The monoisotopic (exact) mass is 596 g/mol. The number of amides is 2. The first-order valence-corrected chi connectivity index (χ1v) is 14.0. The smallest absolute Gasteiger partial charge is 0.312 e. The van der Waals surface area contributed by atoms with Gasteiger partial charge in [0, 0.05) is 22.1 Å². The quantitative estimate of drug-likeness (QED) is 0.252. The third kappa shape index (κ3) is 4.51. The van der Waals surface area contributed by atoms with Crippen LogP contribution in [0.1, 0.15) is 33.6 Å². The van der Waals surface area contributed by atoms with E-state index in [1.165, 1.54) is 4.90 Å². The summed E-state index contributed by atoms with van der Waals surface area (Å²) >= 11 is 9.74. The number of anilines is 1. The van der Waals surface area contributed by atoms with Gasteiger partial charge in [0.1, 0.15) is 11.6 Å². The van der Waals surface area contributed by atoms with E-state index < -0.39 is 41.6 Å². The molecule has 8 nitrogen and oxygen atoms in total. The lowest BCUT2D eigenvalue weighted by Gasteiger charge is -2.41. The minimum Gasteiger partial charge on any atom is -0.466 e. The Hall–Kier alpha value is -1.94. The van der Waals surface area contributed by atoms with E-state index in [1.807, 2.05) is 13.8 Å². The summed E-state index contributed by atoms with van der Waals surface area (Å²) in [6, 6.07) is 5.19. The molecule has 3 unspecified atom stereocenters. The first-order chi connectivity index (χ1) is 17.7. The van der Waals surface area contributed by atoms with Crippen LogP contribution in [-0.4, -0.2) is 76.2 Å². The maximum atomic E-state index is 14.5. The van der Waals surface area contributed by atoms with Crippen LogP contribution in [0.4, 0.5) is 5.69 Å². The number of alkyl halides is 1. The van der Waals surface area contributed by atoms with E-state index in [0.717, 1.165) is 0 Å². The van der Waals surface area contributed by atoms with Gasteiger partial charge in [0.05, 0.1) is 37.2 Å². The average Bonchev–Trinajstić information content (AvgIpc) is 3.47. The molecule has 1 aromatic carbocycles. The molecule has 4 rings (SSSR count). The number of fused-ring (bicyclic) bond motifs is 1. The maximum absolute atomic E-state index is 14.5. The minimum absolute atomic E-state index is 0.0964. The molecular weight excluding hydrogens is 564 g/mol. The van der Waals surface area contributed by atoms with Crippen molar-refractivity contribution < 1.29 is 29.0 Å². The molecule has 3 fully saturated rings. The van der Waals surface area contributed by atoms with Crippen LogP contribution in [0.25, 0.3) is 0 Å². The van der Waals surface area contributed by atoms with Crippen molar-refractivity contribution in [2.24, 2.45) is 17.8 Å². The van der Waals surface area contributed by atoms with Crippen LogP contribution < -0.4 is 4.90 Å². The molecule has 3 heterocycles. The lowest BCUT2D eigenvalue weighted by atomic mass is 9.70. The summed E-state index contributed by atoms with van der Waals surface area (Å²) in [5.74, 6) is -3.04. The van der Waals surface area contributed by atoms with Gasteiger partial charge in [-0.2, -0.15) is 0 Å². The van der Waals surface area contributed by atoms with Crippen molar-refractivity contribution in [3.8, 4) is 0 Å². The zero-order chi connectivity index (χ0) is 27.1. The molecule has 3 saturated heterocycles. The fourth-order valence-corrected chi connectivity index (χ4v) is 7.32. The van der Waals surface area contributed by atoms with Gasteiger partial charge in [0.2, 0.25) is 5.91 Å². The Morgan fingerprint density at radius 2 is 2.05 bits per heavy atom. The van der Waals surface area contributed by atoms with Gasteiger partial charge in [0.25, 0.3) is 5.91 Å². The van der Waals surface area contributed by atoms with Crippen LogP contribution in [0.3, 0.4) is 0 Å². The molecule has 0 radical (unpaired) electrons. The topological polar surface area (TPSA) is 96.4 Å². The Balaban J connectivity index is 1.86. The highest BCUT2D eigenvalue weighted by atomic mass is 79.9. The molecular formula is C27H34BrClN2O6. The average molecular weight is 598 g/mol. The third-order valence-corrected chi connectivity index (χ3v) is 9.18. The summed E-state index contributed by atoms with van der Waals surface area (Å²) < 4.78 is 11.9. The standard InChI is InChI=1S/C27H34BrClN2O6/c1-5-12-30(17-10-8-16(29)9-11-17)25(34)23-27-13-18(28)22(37-27)20(26(35)36-7-3)21(27)24(33)31(23)19(14-32)15(4)6-2/h5,8-11,15,18-23,32H,1,6-7,12-14H2,2-4H3/t15-,18?,19-,20-,21-,22-,23?,27?/m0/s1. The molecule has 2 amide bonds. The van der Waals surface area contributed by atoms with E-state index in [9.17, 15) is 19.5 Å². The van der Waals surface area contributed by atoms with Gasteiger partial charge in [-0.25, -0.2) is 0 Å². The van der Waals surface area contributed by atoms with Crippen molar-refractivity contribution in [1.29, 1.82) is 0 Å². The van der Waals surface area contributed by atoms with Gasteiger partial charge in [-0.05, 0) is 43.5 Å². The Kier molecular flexibility index (Phi) is 8.38. The molecule has 0 aliphatic carbocycles. The van der Waals surface area contributed by atoms with Crippen molar-refractivity contribution >= 4 is 51.0 Å². The third-order valence-electron chi connectivity index (χ3n) is 8.08. The van der Waals surface area contributed by atoms with Crippen LogP contribution in [0, 0.1) is 17.8 Å². The van der Waals surface area contributed by atoms with E-state index in [4.69, 9.17) is 21.1 Å². The van der Waals surface area contributed by atoms with Crippen molar-refractivity contribution in [2.75, 3.05) is 24.7 Å². The number of likely N-dealkylation sites (tertiary alicyclic amines) is 1. The number of hydrogen-bond donors (Lipinski definition) is 1. The second kappa shape index (κ2) is 11.0. The second-order valence-corrected chi connectivity index (χ2v) is 11.6. The van der Waals surface area contributed by atoms with E-state index in [1.54, 1.807) is 42.2 Å². The number of benzene rings is 1. The summed E-state index contributed by atoms with van der Waals surface area (Å²) in [7, 11) is 0. The van der Waals surface area contributed by atoms with Gasteiger partial charge in [-0.15, -0.1) is 6.58 Å². The molecule has 202 valence electrons. The molecule has 2 bridgehead atoms. The van der Waals surface area contributed by atoms with Gasteiger partial charge >= 0.3 is 5.97 Å². The minimum atomic E-state index is -1.24. The first-order valence-electron chi connectivity index (χ1n) is 12.8. The van der Waals surface area contributed by atoms with Crippen LogP contribution >= 0.6 is 27.5 Å². The Labute approximate surface area is 231 Å². The van der Waals surface area contributed by atoms with E-state index in [2.05, 4.69) is 22.5 Å². The lowest BCUT2D eigenvalue weighted by Crippen LogP contribution is -2.60. The normalized spacial score (nSPS) is 31.7. The highest BCUT2D eigenvalue weighted by Gasteiger charge is 2.77. The summed E-state index contributed by atoms with van der Waals surface area (Å²) in [6.45, 7) is 9.49. The molecule has 0 saturated carbocycles. The lowest BCUT2D eigenvalue weighted by molar-refractivity contribution is -0.155. The number of esters is 1. The summed E-state index contributed by atoms with van der Waals surface area (Å²) in [5.41, 5.74) is -0.646. The molecule has 0 aromatic heterocycles. The van der Waals surface area contributed by atoms with Gasteiger partial charge in [-0.1, -0.05) is 53.9 Å². The Morgan fingerprint density at radius 1 is 1.38 bits per heavy atom. The van der Waals surface area contributed by atoms with Crippen molar-refractivity contribution in [3.05, 3.63) is 41.9 Å². The number of ether oxygens (including phenoxy) is 2. The van der Waals surface area contributed by atoms with Crippen LogP contribution in [-0.2, 0) is 23.9 Å². The fraction of sp³-hybridized carbons (Fsp3) is 0.593. The summed E-state index contributed by atoms with van der Waals surface area (Å²) in [6.07, 6.45) is 2.08. The molecule has 1 aromatic rings. The summed E-state index contributed by atoms with van der Waals surface area (Å²) in [5, 5.41) is 11.0. The number of aliphatic hydroxyl groups excluding tert-OH is 1. The number of rotatable bonds is 10. The van der Waals surface area contributed by atoms with Gasteiger partial charge in [0.15, 0.2) is 0 Å². The highest BCUT2D eigenvalue weighted by Crippen LogP contribution is 2.61. The number of hydrogen-bond acceptors (Lipinski definition) is 6. The molecule has 8 atom stereocenters. The van der Waals surface area contributed by atoms with Gasteiger partial charge < -0.3 is 24.4 Å². The molecule has 37 heavy (non-hydrogen) atoms. The zero-order valence-corrected chi connectivity index (χ0v) is 23.7. The fourth-order valence-electron chi connectivity index (χ4n) is 6.25. The first kappa shape index (κ1) is 28.1. The predicted molar refractivity (Wildman–Crippen MR) is 144 cm³/mol. The number of nitrogens with zero attached hydrogens (tertiary/aromatic N) is 2. The molecule has 3 aliphatic heterocycles. The SMILES string of the molecule is C=CCN(C(=O)C1N([C@@H](CO)[C@@H](C)CC)C(=O)[C@@H]2[C@H](C(=O)OCC)[C@H]3OC12CC3Br)c1ccc(Cl)cc1. The summed E-state index contributed by atoms with van der Waals surface area (Å²) in [4.78, 5) is 44.6. The number of carbonyl (C=O) groups is 3. The predicted octanol–water partition coefficient (Wildman–Crippen LogP) is 3.58. The van der Waals surface area contributed by atoms with Crippen molar-refractivity contribution in [2.45, 2.75) is 62.2 Å². The largest absolute Gasteiger partial charge is 0.466 e. The maximum Gasteiger partial charge on any atom is 0.312 e. The zero-order valence-electron chi connectivity index (χ0n) is 21.3. The van der Waals surface area contributed by atoms with Crippen LogP contribution in [0.5, 0.6) is 0 Å². The Morgan fingerprint density at radius 3 is 2.62 bits per heavy atom. The van der Waals surface area contributed by atoms with E-state index in [-0.39, 0.29) is 42.3 Å². The Bertz CT molecular complexity index is 1050. The van der Waals surface area contributed by atoms with E-state index >= 15 is 0 Å². The van der Waals surface area contributed by atoms with Crippen LogP contribution in [0.15, 0.2) is 36.9 Å². The number of aliphatic hydroxyl groups is 1. The highest BCUT2D eigenvalue weighted by molar-refractivity contribution is 9.09. The molecule has 1 spiro atoms. The molecule has 3 aliphatic rings. The van der Waals surface area contributed by atoms with Gasteiger partial charge in [-0.3, -0.25) is 14.4 Å². The number of carbonyl (C=O) groups excluding carboxylic acids is 3. The molecule has 1 N–H and O–H groups in total. The second-order valence-electron chi connectivity index (χ2n) is 10.0. The van der Waals surface area contributed by atoms with Crippen molar-refractivity contribution in [3.63, 3.8) is 0 Å².